The maximum atomic E-state index is 12.4. The van der Waals surface area contributed by atoms with Gasteiger partial charge in [0.15, 0.2) is 5.71 Å². The van der Waals surface area contributed by atoms with Crippen LogP contribution in [0.4, 0.5) is 11.4 Å². The smallest absolute Gasteiger partial charge is 0.283 e. The van der Waals surface area contributed by atoms with Gasteiger partial charge >= 0.3 is 0 Å². The van der Waals surface area contributed by atoms with Crippen LogP contribution in [-0.4, -0.2) is 62.8 Å². The summed E-state index contributed by atoms with van der Waals surface area (Å²) in [4.78, 5) is 2.29. The van der Waals surface area contributed by atoms with Gasteiger partial charge in [-0.2, -0.15) is 22.8 Å². The highest BCUT2D eigenvalue weighted by Gasteiger charge is 2.45. The third-order valence-electron chi connectivity index (χ3n) is 12.2. The number of hydrogen-bond donors (Lipinski definition) is 1. The van der Waals surface area contributed by atoms with E-state index in [0.717, 1.165) is 63.6 Å². The van der Waals surface area contributed by atoms with Gasteiger partial charge in [0.2, 0.25) is 5.69 Å². The second-order valence-corrected chi connectivity index (χ2v) is 20.7. The number of nitrogens with one attached hydrogen (secondary N) is 1. The molecule has 4 aromatic rings. The monoisotopic (exact) mass is 869 g/mol. The Bertz CT molecular complexity index is 2690. The molecule has 4 aromatic carbocycles. The summed E-state index contributed by atoms with van der Waals surface area (Å²) in [5.74, 6) is -0.438. The molecule has 60 heavy (non-hydrogen) atoms. The first-order chi connectivity index (χ1) is 28.5. The first kappa shape index (κ1) is 44.0. The summed E-state index contributed by atoms with van der Waals surface area (Å²) in [5, 5.41) is 5.48. The van der Waals surface area contributed by atoms with Crippen LogP contribution in [0.5, 0.6) is 0 Å². The lowest BCUT2D eigenvalue weighted by Gasteiger charge is -2.27. The van der Waals surface area contributed by atoms with E-state index in [-0.39, 0.29) is 22.3 Å². The van der Waals surface area contributed by atoms with Crippen molar-refractivity contribution in [1.29, 1.82) is 0 Å². The maximum absolute atomic E-state index is 12.4. The Balaban J connectivity index is 1.22. The zero-order valence-electron chi connectivity index (χ0n) is 35.3. The molecule has 0 amide bonds. The Morgan fingerprint density at radius 1 is 0.800 bits per heavy atom. The van der Waals surface area contributed by atoms with Crippen LogP contribution in [0.2, 0.25) is 0 Å². The number of allylic oxidation sites excluding steroid dienone is 8. The number of fused-ring (bicyclic) bond motifs is 6. The van der Waals surface area contributed by atoms with E-state index in [1.807, 2.05) is 6.07 Å². The minimum atomic E-state index is -4.29. The second-order valence-electron chi connectivity index (χ2n) is 17.1. The maximum Gasteiger partial charge on any atom is 0.283 e. The molecular formula is C48H56ClN3O6S2. The van der Waals surface area contributed by atoms with Crippen LogP contribution < -0.4 is 10.4 Å². The van der Waals surface area contributed by atoms with E-state index in [2.05, 4.69) is 134 Å². The van der Waals surface area contributed by atoms with Crippen molar-refractivity contribution in [2.24, 2.45) is 0 Å². The highest BCUT2D eigenvalue weighted by atomic mass is 35.5. The van der Waals surface area contributed by atoms with Gasteiger partial charge in [-0.1, -0.05) is 99.1 Å². The predicted molar refractivity (Wildman–Crippen MR) is 245 cm³/mol. The third-order valence-corrected chi connectivity index (χ3v) is 14.7. The molecule has 3 aliphatic rings. The average Bonchev–Trinajstić information content (AvgIpc) is 3.57. The number of rotatable bonds is 16. The fourth-order valence-corrected chi connectivity index (χ4v) is 11.2. The molecule has 0 bridgehead atoms. The molecule has 12 heteroatoms. The summed E-state index contributed by atoms with van der Waals surface area (Å²) in [6.07, 6.45) is 13.3. The first-order valence-corrected chi connectivity index (χ1v) is 24.6. The van der Waals surface area contributed by atoms with E-state index in [1.165, 1.54) is 27.3 Å². The number of benzene rings is 4. The predicted octanol–water partition coefficient (Wildman–Crippen LogP) is 10.2. The lowest BCUT2D eigenvalue weighted by Crippen LogP contribution is -2.28. The number of hydrogen-bond acceptors (Lipinski definition) is 8. The van der Waals surface area contributed by atoms with Crippen LogP contribution >= 0.6 is 11.6 Å². The van der Waals surface area contributed by atoms with Crippen LogP contribution in [0.3, 0.4) is 0 Å². The highest BCUT2D eigenvalue weighted by Crippen LogP contribution is 2.51. The summed E-state index contributed by atoms with van der Waals surface area (Å²) in [5.41, 5.74) is 10.8. The fraction of sp³-hybridized carbons (Fsp3) is 0.396. The largest absolute Gasteiger partial charge is 0.748 e. The molecule has 0 saturated heterocycles. The van der Waals surface area contributed by atoms with Gasteiger partial charge in [0.05, 0.1) is 21.3 Å². The van der Waals surface area contributed by atoms with Crippen molar-refractivity contribution in [2.75, 3.05) is 36.0 Å². The van der Waals surface area contributed by atoms with E-state index < -0.39 is 20.2 Å². The van der Waals surface area contributed by atoms with Crippen molar-refractivity contribution in [3.63, 3.8) is 0 Å². The molecule has 0 atom stereocenters. The van der Waals surface area contributed by atoms with Gasteiger partial charge in [-0.15, -0.1) is 0 Å². The molecule has 2 heterocycles. The number of unbranched alkanes of at least 4 members (excludes halogenated alkanes) is 2. The minimum absolute atomic E-state index is 0.0653. The average molecular weight is 871 g/mol. The lowest BCUT2D eigenvalue weighted by molar-refractivity contribution is -0.438. The summed E-state index contributed by atoms with van der Waals surface area (Å²) < 4.78 is 66.3. The van der Waals surface area contributed by atoms with Crippen LogP contribution in [0.1, 0.15) is 90.7 Å². The van der Waals surface area contributed by atoms with E-state index in [9.17, 15) is 21.4 Å². The highest BCUT2D eigenvalue weighted by molar-refractivity contribution is 7.86. The molecular weight excluding hydrogens is 814 g/mol. The number of nitrogens with zero attached hydrogens (tertiary/aromatic N) is 2. The van der Waals surface area contributed by atoms with Crippen molar-refractivity contribution in [2.45, 2.75) is 90.4 Å². The zero-order chi connectivity index (χ0) is 42.9. The number of anilines is 1. The van der Waals surface area contributed by atoms with Crippen molar-refractivity contribution >= 4 is 70.5 Å². The van der Waals surface area contributed by atoms with Gasteiger partial charge < -0.3 is 9.45 Å². The van der Waals surface area contributed by atoms with Gasteiger partial charge in [0.25, 0.3) is 10.1 Å². The lowest BCUT2D eigenvalue weighted by atomic mass is 9.78. The second kappa shape index (κ2) is 17.7. The van der Waals surface area contributed by atoms with Gasteiger partial charge in [0.1, 0.15) is 6.54 Å². The topological polar surface area (TPSA) is 119 Å². The van der Waals surface area contributed by atoms with Crippen LogP contribution in [0.15, 0.2) is 119 Å². The number of halogens is 1. The Hall–Kier alpha value is -4.10. The van der Waals surface area contributed by atoms with E-state index in [1.54, 1.807) is 6.92 Å². The molecule has 0 aromatic heterocycles. The summed E-state index contributed by atoms with van der Waals surface area (Å²) in [6, 6.07) is 25.5. The van der Waals surface area contributed by atoms with Gasteiger partial charge in [-0.05, 0) is 109 Å². The Kier molecular flexibility index (Phi) is 13.0. The summed E-state index contributed by atoms with van der Waals surface area (Å²) >= 11 is 7.33. The molecule has 1 aliphatic carbocycles. The third kappa shape index (κ3) is 9.08. The Morgan fingerprint density at radius 2 is 1.47 bits per heavy atom. The summed E-state index contributed by atoms with van der Waals surface area (Å²) in [6.45, 7) is 12.4. The molecule has 0 spiro atoms. The number of hydroxylamine groups is 1. The van der Waals surface area contributed by atoms with Crippen LogP contribution in [0, 0.1) is 0 Å². The standard InChI is InChI=1S/C48H56ClN3O6S2/c1-6-50-58-60(56,57)33-14-12-31-52-41-27-23-35-17-8-10-21-39(35)45(41)48(4,5)43(52)29-25-37-19-15-18-36(46(37)49)24-28-42-47(2,3)44-38-20-9-7-16-34(38)22-26-40(44)51(42)30-11-13-32-59(53,54)55/h7-10,16-17,20-29,50H,6,11-15,18-19,30-33H2,1-5H3. The quantitative estimate of drug-likeness (QED) is 0.0512. The fourth-order valence-electron chi connectivity index (χ4n) is 9.41. The van der Waals surface area contributed by atoms with Crippen molar-refractivity contribution in [3.8, 4) is 0 Å². The van der Waals surface area contributed by atoms with Gasteiger partial charge in [-0.25, -0.2) is 8.42 Å². The molecule has 0 fully saturated rings. The van der Waals surface area contributed by atoms with Crippen molar-refractivity contribution in [1.82, 2.24) is 5.48 Å². The Morgan fingerprint density at radius 3 is 2.17 bits per heavy atom. The molecule has 2 aliphatic heterocycles. The van der Waals surface area contributed by atoms with Crippen LogP contribution in [-0.2, 0) is 35.4 Å². The molecule has 7 rings (SSSR count). The van der Waals surface area contributed by atoms with E-state index >= 15 is 0 Å². The van der Waals surface area contributed by atoms with Crippen molar-refractivity contribution in [3.05, 3.63) is 130 Å². The van der Waals surface area contributed by atoms with E-state index in [4.69, 9.17) is 15.9 Å². The zero-order valence-corrected chi connectivity index (χ0v) is 37.7. The summed E-state index contributed by atoms with van der Waals surface area (Å²) in [7, 11) is -7.95. The molecule has 0 radical (unpaired) electrons. The Labute approximate surface area is 361 Å². The molecule has 0 unspecified atom stereocenters. The molecule has 9 nitrogen and oxygen atoms in total. The molecule has 1 N–H and O–H groups in total. The SMILES string of the molecule is CCNOS(=O)(=O)CCCC[N+]1=C(/C=C/C2=C(Cl)C(=C/C=C3/N(CCCCS(=O)(=O)[O-])c4ccc5ccccc5c4C3(C)C)/CCC2)C(C)(C)c2c1ccc1ccccc21. The molecule has 318 valence electrons. The normalized spacial score (nSPS) is 19.1. The van der Waals surface area contributed by atoms with E-state index in [0.29, 0.717) is 45.3 Å². The minimum Gasteiger partial charge on any atom is -0.748 e. The van der Waals surface area contributed by atoms with Crippen molar-refractivity contribution < 1.29 is 30.2 Å². The first-order valence-electron chi connectivity index (χ1n) is 21.1. The van der Waals surface area contributed by atoms with Crippen LogP contribution in [0.25, 0.3) is 21.5 Å². The van der Waals surface area contributed by atoms with Gasteiger partial charge in [0, 0.05) is 64.8 Å². The molecule has 0 saturated carbocycles. The van der Waals surface area contributed by atoms with Gasteiger partial charge in [-0.3, -0.25) is 0 Å².